The third-order valence-electron chi connectivity index (χ3n) is 5.52. The minimum atomic E-state index is -0.261. The van der Waals surface area contributed by atoms with Crippen LogP contribution in [0.2, 0.25) is 0 Å². The first-order valence-electron chi connectivity index (χ1n) is 11.3. The molecule has 1 heterocycles. The number of hydrogen-bond acceptors (Lipinski definition) is 7. The van der Waals surface area contributed by atoms with Crippen LogP contribution in [0.1, 0.15) is 22.3 Å². The zero-order chi connectivity index (χ0) is 25.7. The van der Waals surface area contributed by atoms with Gasteiger partial charge in [0.2, 0.25) is 5.75 Å². The van der Waals surface area contributed by atoms with Crippen molar-refractivity contribution in [3.8, 4) is 23.0 Å². The zero-order valence-corrected chi connectivity index (χ0v) is 21.7. The van der Waals surface area contributed by atoms with E-state index in [1.807, 2.05) is 74.5 Å². The number of benzene rings is 3. The molecular formula is C28H28N2O5S. The van der Waals surface area contributed by atoms with Crippen molar-refractivity contribution in [1.29, 1.82) is 0 Å². The number of methoxy groups -OCH3 is 3. The number of nitrogens with zero attached hydrogens (tertiary/aromatic N) is 1. The number of anilines is 1. The highest BCUT2D eigenvalue weighted by Crippen LogP contribution is 2.38. The molecule has 7 nitrogen and oxygen atoms in total. The second-order valence-electron chi connectivity index (χ2n) is 8.14. The number of carbonyl (C=O) groups is 1. The minimum Gasteiger partial charge on any atom is -0.493 e. The first-order valence-corrected chi connectivity index (χ1v) is 12.1. The average molecular weight is 505 g/mol. The summed E-state index contributed by atoms with van der Waals surface area (Å²) in [7, 11) is 4.74. The lowest BCUT2D eigenvalue weighted by Gasteiger charge is -2.13. The van der Waals surface area contributed by atoms with Crippen LogP contribution in [0.4, 0.5) is 5.13 Å². The Hall–Kier alpha value is -4.04. The molecule has 0 aliphatic carbocycles. The van der Waals surface area contributed by atoms with Crippen LogP contribution in [-0.4, -0.2) is 38.8 Å². The van der Waals surface area contributed by atoms with Crippen molar-refractivity contribution in [1.82, 2.24) is 4.98 Å². The molecule has 3 aromatic carbocycles. The topological polar surface area (TPSA) is 78.9 Å². The van der Waals surface area contributed by atoms with Crippen molar-refractivity contribution in [3.63, 3.8) is 0 Å². The molecule has 8 heteroatoms. The molecule has 186 valence electrons. The minimum absolute atomic E-state index is 0.115. The lowest BCUT2D eigenvalue weighted by atomic mass is 10.1. The first-order chi connectivity index (χ1) is 17.4. The number of aromatic nitrogens is 1. The van der Waals surface area contributed by atoms with Crippen LogP contribution in [0.3, 0.4) is 0 Å². The molecule has 0 saturated carbocycles. The molecule has 36 heavy (non-hydrogen) atoms. The van der Waals surface area contributed by atoms with E-state index in [-0.39, 0.29) is 12.5 Å². The summed E-state index contributed by atoms with van der Waals surface area (Å²) in [5.41, 5.74) is 4.75. The van der Waals surface area contributed by atoms with Gasteiger partial charge < -0.3 is 18.9 Å². The number of carbonyl (C=O) groups excluding carboxylic acids is 1. The first kappa shape index (κ1) is 25.1. The normalized spacial score (nSPS) is 11.0. The number of hydrogen-bond donors (Lipinski definition) is 1. The van der Waals surface area contributed by atoms with E-state index in [1.54, 1.807) is 21.3 Å². The van der Waals surface area contributed by atoms with Crippen LogP contribution in [0, 0.1) is 13.8 Å². The molecule has 0 fully saturated rings. The van der Waals surface area contributed by atoms with Crippen LogP contribution in [0.5, 0.6) is 23.0 Å². The summed E-state index contributed by atoms with van der Waals surface area (Å²) in [5, 5.41) is 3.39. The SMILES string of the molecule is COc1cc(/C=C\c2ccc(C)c(OCC(=O)Nc3nc4cc(C)ccc4s3)c2)cc(OC)c1OC. The second kappa shape index (κ2) is 11.1. The molecule has 4 rings (SSSR count). The maximum atomic E-state index is 12.5. The van der Waals surface area contributed by atoms with Gasteiger partial charge in [0.15, 0.2) is 23.2 Å². The standard InChI is InChI=1S/C28H28N2O5S/c1-17-6-11-25-21(12-17)29-28(36-25)30-26(31)16-35-22-13-19(8-7-18(22)2)9-10-20-14-23(32-3)27(34-5)24(15-20)33-4/h6-15H,16H2,1-5H3,(H,29,30,31)/b10-9-. The Bertz CT molecular complexity index is 1400. The summed E-state index contributed by atoms with van der Waals surface area (Å²) in [6, 6.07) is 15.6. The molecule has 0 spiro atoms. The highest BCUT2D eigenvalue weighted by Gasteiger charge is 2.13. The Morgan fingerprint density at radius 1 is 0.889 bits per heavy atom. The second-order valence-corrected chi connectivity index (χ2v) is 9.17. The van der Waals surface area contributed by atoms with Gasteiger partial charge in [0, 0.05) is 0 Å². The molecule has 0 radical (unpaired) electrons. The van der Waals surface area contributed by atoms with E-state index in [1.165, 1.54) is 11.3 Å². The van der Waals surface area contributed by atoms with E-state index in [4.69, 9.17) is 18.9 Å². The fourth-order valence-electron chi connectivity index (χ4n) is 3.66. The molecule has 0 saturated heterocycles. The Balaban J connectivity index is 1.43. The molecule has 0 aliphatic rings. The maximum Gasteiger partial charge on any atom is 0.264 e. The van der Waals surface area contributed by atoms with Crippen molar-refractivity contribution in [2.45, 2.75) is 13.8 Å². The summed E-state index contributed by atoms with van der Waals surface area (Å²) in [6.45, 7) is 3.84. The van der Waals surface area contributed by atoms with Gasteiger partial charge in [0.05, 0.1) is 31.5 Å². The van der Waals surface area contributed by atoms with Gasteiger partial charge in [-0.2, -0.15) is 0 Å². The lowest BCUT2D eigenvalue weighted by Crippen LogP contribution is -2.20. The monoisotopic (exact) mass is 504 g/mol. The Morgan fingerprint density at radius 2 is 1.58 bits per heavy atom. The quantitative estimate of drug-likeness (QED) is 0.276. The molecule has 4 aromatic rings. The number of ether oxygens (including phenoxy) is 4. The number of rotatable bonds is 9. The molecule has 0 aliphatic heterocycles. The van der Waals surface area contributed by atoms with Crippen LogP contribution in [0.25, 0.3) is 22.4 Å². The van der Waals surface area contributed by atoms with Gasteiger partial charge in [-0.25, -0.2) is 4.98 Å². The van der Waals surface area contributed by atoms with Crippen LogP contribution < -0.4 is 24.3 Å². The fraction of sp³-hybridized carbons (Fsp3) is 0.214. The summed E-state index contributed by atoms with van der Waals surface area (Å²) in [5.74, 6) is 2.08. The molecule has 0 unspecified atom stereocenters. The van der Waals surface area contributed by atoms with E-state index in [0.717, 1.165) is 32.5 Å². The van der Waals surface area contributed by atoms with Crippen molar-refractivity contribution >= 4 is 44.7 Å². The predicted molar refractivity (Wildman–Crippen MR) is 145 cm³/mol. The van der Waals surface area contributed by atoms with E-state index >= 15 is 0 Å². The largest absolute Gasteiger partial charge is 0.493 e. The zero-order valence-electron chi connectivity index (χ0n) is 20.9. The van der Waals surface area contributed by atoms with E-state index < -0.39 is 0 Å². The number of thiazole rings is 1. The van der Waals surface area contributed by atoms with Gasteiger partial charge in [0.25, 0.3) is 5.91 Å². The van der Waals surface area contributed by atoms with Gasteiger partial charge in [-0.3, -0.25) is 10.1 Å². The molecule has 1 N–H and O–H groups in total. The maximum absolute atomic E-state index is 12.5. The summed E-state index contributed by atoms with van der Waals surface area (Å²) < 4.78 is 23.1. The summed E-state index contributed by atoms with van der Waals surface area (Å²) in [4.78, 5) is 17.0. The lowest BCUT2D eigenvalue weighted by molar-refractivity contribution is -0.118. The third kappa shape index (κ3) is 5.78. The Kier molecular flexibility index (Phi) is 7.75. The van der Waals surface area contributed by atoms with Crippen molar-refractivity contribution < 1.29 is 23.7 Å². The Labute approximate surface area is 214 Å². The van der Waals surface area contributed by atoms with Crippen molar-refractivity contribution in [3.05, 3.63) is 70.8 Å². The predicted octanol–water partition coefficient (Wildman–Crippen LogP) is 6.13. The van der Waals surface area contributed by atoms with Crippen molar-refractivity contribution in [2.75, 3.05) is 33.3 Å². The highest BCUT2D eigenvalue weighted by molar-refractivity contribution is 7.22. The summed E-state index contributed by atoms with van der Waals surface area (Å²) >= 11 is 1.44. The van der Waals surface area contributed by atoms with E-state index in [9.17, 15) is 4.79 Å². The number of fused-ring (bicyclic) bond motifs is 1. The van der Waals surface area contributed by atoms with Gasteiger partial charge >= 0.3 is 0 Å². The van der Waals surface area contributed by atoms with Crippen LogP contribution in [-0.2, 0) is 4.79 Å². The number of aryl methyl sites for hydroxylation is 2. The van der Waals surface area contributed by atoms with Crippen molar-refractivity contribution in [2.24, 2.45) is 0 Å². The van der Waals surface area contributed by atoms with Gasteiger partial charge in [-0.1, -0.05) is 41.7 Å². The average Bonchev–Trinajstić information content (AvgIpc) is 3.27. The Morgan fingerprint density at radius 3 is 2.28 bits per heavy atom. The molecule has 1 amide bonds. The van der Waals surface area contributed by atoms with Gasteiger partial charge in [-0.05, 0) is 66.4 Å². The van der Waals surface area contributed by atoms with E-state index in [2.05, 4.69) is 10.3 Å². The molecule has 0 bridgehead atoms. The number of nitrogens with one attached hydrogen (secondary N) is 1. The summed E-state index contributed by atoms with van der Waals surface area (Å²) in [6.07, 6.45) is 3.90. The fourth-order valence-corrected chi connectivity index (χ4v) is 4.52. The van der Waals surface area contributed by atoms with Crippen LogP contribution in [0.15, 0.2) is 48.5 Å². The smallest absolute Gasteiger partial charge is 0.264 e. The van der Waals surface area contributed by atoms with E-state index in [0.29, 0.717) is 28.1 Å². The van der Waals surface area contributed by atoms with Gasteiger partial charge in [-0.15, -0.1) is 0 Å². The molecule has 0 atom stereocenters. The van der Waals surface area contributed by atoms with Gasteiger partial charge in [0.1, 0.15) is 5.75 Å². The number of amides is 1. The third-order valence-corrected chi connectivity index (χ3v) is 6.47. The highest BCUT2D eigenvalue weighted by atomic mass is 32.1. The molecule has 1 aromatic heterocycles. The van der Waals surface area contributed by atoms with Crippen LogP contribution >= 0.6 is 11.3 Å². The molecular weight excluding hydrogens is 476 g/mol.